The second kappa shape index (κ2) is 3.69. The van der Waals surface area contributed by atoms with Gasteiger partial charge in [0.05, 0.1) is 0 Å². The molecule has 2 aromatic rings. The lowest BCUT2D eigenvalue weighted by Gasteiger charge is -2.26. The Bertz CT molecular complexity index is 644. The van der Waals surface area contributed by atoms with Gasteiger partial charge in [-0.05, 0) is 47.0 Å². The second-order valence-corrected chi connectivity index (χ2v) is 5.90. The monoisotopic (exact) mass is 255 g/mol. The van der Waals surface area contributed by atoms with Crippen LogP contribution in [-0.2, 0) is 12.8 Å². The van der Waals surface area contributed by atoms with E-state index in [2.05, 4.69) is 22.8 Å². The van der Waals surface area contributed by atoms with E-state index in [9.17, 15) is 4.79 Å². The maximum atomic E-state index is 12.0. The number of fused-ring (bicyclic) bond motifs is 2. The molecule has 0 bridgehead atoms. The lowest BCUT2D eigenvalue weighted by Crippen LogP contribution is -2.35. The predicted octanol–water partition coefficient (Wildman–Crippen LogP) is 2.72. The van der Waals surface area contributed by atoms with Gasteiger partial charge in [-0.15, -0.1) is 11.3 Å². The Morgan fingerprint density at radius 3 is 3.00 bits per heavy atom. The van der Waals surface area contributed by atoms with Crippen molar-refractivity contribution >= 4 is 17.2 Å². The number of benzene rings is 1. The summed E-state index contributed by atoms with van der Waals surface area (Å²) in [5.74, 6) is 0.453. The highest BCUT2D eigenvalue weighted by Gasteiger charge is 2.32. The summed E-state index contributed by atoms with van der Waals surface area (Å²) in [6.45, 7) is 0.746. The smallest absolute Gasteiger partial charge is 0.251 e. The van der Waals surface area contributed by atoms with Gasteiger partial charge in [0, 0.05) is 22.9 Å². The van der Waals surface area contributed by atoms with Crippen LogP contribution in [-0.4, -0.2) is 12.5 Å². The van der Waals surface area contributed by atoms with Gasteiger partial charge in [0.2, 0.25) is 0 Å². The van der Waals surface area contributed by atoms with Gasteiger partial charge in [-0.2, -0.15) is 0 Å². The van der Waals surface area contributed by atoms with Gasteiger partial charge >= 0.3 is 0 Å². The molecule has 2 aliphatic rings. The van der Waals surface area contributed by atoms with Crippen molar-refractivity contribution in [2.45, 2.75) is 18.8 Å². The van der Waals surface area contributed by atoms with Crippen LogP contribution in [0, 0.1) is 0 Å². The van der Waals surface area contributed by atoms with Crippen molar-refractivity contribution in [3.63, 3.8) is 0 Å². The molecule has 0 radical (unpaired) electrons. The third-order valence-corrected chi connectivity index (χ3v) is 5.09. The fourth-order valence-electron chi connectivity index (χ4n) is 3.19. The first-order valence-electron chi connectivity index (χ1n) is 6.31. The molecule has 1 aliphatic heterocycles. The number of thiophene rings is 1. The third-order valence-electron chi connectivity index (χ3n) is 4.02. The zero-order valence-electron chi connectivity index (χ0n) is 9.90. The SMILES string of the molecule is O=C1NCC2c3sccc3CCc3cccc1c32. The Hall–Kier alpha value is -1.61. The maximum absolute atomic E-state index is 12.0. The quantitative estimate of drug-likeness (QED) is 0.770. The van der Waals surface area contributed by atoms with E-state index in [4.69, 9.17) is 0 Å². The van der Waals surface area contributed by atoms with Crippen molar-refractivity contribution in [2.24, 2.45) is 0 Å². The van der Waals surface area contributed by atoms with Crippen LogP contribution in [0.2, 0.25) is 0 Å². The molecular formula is C15H13NOS. The van der Waals surface area contributed by atoms with Crippen LogP contribution in [0.3, 0.4) is 0 Å². The Morgan fingerprint density at radius 2 is 2.06 bits per heavy atom. The Kier molecular flexibility index (Phi) is 2.12. The predicted molar refractivity (Wildman–Crippen MR) is 72.3 cm³/mol. The van der Waals surface area contributed by atoms with Gasteiger partial charge in [-0.3, -0.25) is 4.79 Å². The van der Waals surface area contributed by atoms with E-state index in [1.165, 1.54) is 21.6 Å². The van der Waals surface area contributed by atoms with E-state index in [1.54, 1.807) is 0 Å². The highest BCUT2D eigenvalue weighted by Crippen LogP contribution is 2.40. The number of rotatable bonds is 0. The molecule has 1 aromatic carbocycles. The van der Waals surface area contributed by atoms with Gasteiger partial charge in [-0.25, -0.2) is 0 Å². The Balaban J connectivity index is 2.01. The Labute approximate surface area is 110 Å². The molecular weight excluding hydrogens is 242 g/mol. The van der Waals surface area contributed by atoms with Crippen LogP contribution >= 0.6 is 11.3 Å². The van der Waals surface area contributed by atoms with Crippen LogP contribution in [0.5, 0.6) is 0 Å². The van der Waals surface area contributed by atoms with Crippen molar-refractivity contribution < 1.29 is 4.79 Å². The molecule has 1 unspecified atom stereocenters. The molecule has 1 atom stereocenters. The first-order valence-corrected chi connectivity index (χ1v) is 7.19. The number of nitrogens with one attached hydrogen (secondary N) is 1. The summed E-state index contributed by atoms with van der Waals surface area (Å²) in [6, 6.07) is 8.39. The molecule has 1 aromatic heterocycles. The standard InChI is InChI=1S/C15H13NOS/c17-15-11-3-1-2-9-4-5-10-6-7-18-14(10)12(8-16-15)13(9)11/h1-3,6-7,12H,4-5,8H2,(H,16,17). The van der Waals surface area contributed by atoms with Crippen LogP contribution in [0.4, 0.5) is 0 Å². The van der Waals surface area contributed by atoms with Crippen LogP contribution in [0.25, 0.3) is 0 Å². The highest BCUT2D eigenvalue weighted by molar-refractivity contribution is 7.10. The molecule has 1 aliphatic carbocycles. The normalized spacial score (nSPS) is 20.7. The van der Waals surface area contributed by atoms with E-state index < -0.39 is 0 Å². The summed E-state index contributed by atoms with van der Waals surface area (Å²) in [5, 5.41) is 5.20. The second-order valence-electron chi connectivity index (χ2n) is 4.95. The molecule has 0 saturated heterocycles. The minimum absolute atomic E-state index is 0.0862. The molecule has 90 valence electrons. The van der Waals surface area contributed by atoms with Gasteiger partial charge in [-0.1, -0.05) is 12.1 Å². The number of hydrogen-bond donors (Lipinski definition) is 1. The van der Waals surface area contributed by atoms with E-state index in [0.717, 1.165) is 24.9 Å². The number of carbonyl (C=O) groups is 1. The average molecular weight is 255 g/mol. The Morgan fingerprint density at radius 1 is 1.17 bits per heavy atom. The summed E-state index contributed by atoms with van der Waals surface area (Å²) in [4.78, 5) is 13.4. The number of amides is 1. The van der Waals surface area contributed by atoms with E-state index in [0.29, 0.717) is 5.92 Å². The van der Waals surface area contributed by atoms with Gasteiger partial charge < -0.3 is 5.32 Å². The summed E-state index contributed by atoms with van der Waals surface area (Å²) >= 11 is 1.83. The fourth-order valence-corrected chi connectivity index (χ4v) is 4.25. The zero-order chi connectivity index (χ0) is 12.1. The minimum Gasteiger partial charge on any atom is -0.351 e. The molecule has 1 amide bonds. The van der Waals surface area contributed by atoms with E-state index in [1.807, 2.05) is 23.5 Å². The van der Waals surface area contributed by atoms with Crippen molar-refractivity contribution in [2.75, 3.05) is 6.54 Å². The number of hydrogen-bond acceptors (Lipinski definition) is 2. The van der Waals surface area contributed by atoms with Gasteiger partial charge in [0.25, 0.3) is 5.91 Å². The molecule has 3 heteroatoms. The highest BCUT2D eigenvalue weighted by atomic mass is 32.1. The largest absolute Gasteiger partial charge is 0.351 e. The van der Waals surface area contributed by atoms with Crippen molar-refractivity contribution in [3.8, 4) is 0 Å². The number of aryl methyl sites for hydroxylation is 2. The third kappa shape index (κ3) is 1.31. The van der Waals surface area contributed by atoms with Crippen molar-refractivity contribution in [1.29, 1.82) is 0 Å². The zero-order valence-corrected chi connectivity index (χ0v) is 10.7. The van der Waals surface area contributed by atoms with E-state index in [-0.39, 0.29) is 5.91 Å². The average Bonchev–Trinajstić information content (AvgIpc) is 2.80. The summed E-state index contributed by atoms with van der Waals surface area (Å²) in [6.07, 6.45) is 2.15. The first-order chi connectivity index (χ1) is 8.84. The minimum atomic E-state index is 0.0862. The number of carbonyl (C=O) groups excluding carboxylic acids is 1. The van der Waals surface area contributed by atoms with Crippen LogP contribution in [0.15, 0.2) is 29.6 Å². The molecule has 0 spiro atoms. The van der Waals surface area contributed by atoms with Crippen molar-refractivity contribution in [3.05, 3.63) is 56.8 Å². The molecule has 4 rings (SSSR count). The van der Waals surface area contributed by atoms with Crippen LogP contribution in [0.1, 0.15) is 37.8 Å². The lowest BCUT2D eigenvalue weighted by atomic mass is 9.86. The maximum Gasteiger partial charge on any atom is 0.251 e. The first kappa shape index (κ1) is 10.3. The molecule has 2 nitrogen and oxygen atoms in total. The molecule has 0 saturated carbocycles. The van der Waals surface area contributed by atoms with Gasteiger partial charge in [0.1, 0.15) is 0 Å². The summed E-state index contributed by atoms with van der Waals surface area (Å²) in [7, 11) is 0. The summed E-state index contributed by atoms with van der Waals surface area (Å²) in [5.41, 5.74) is 4.98. The molecule has 2 heterocycles. The lowest BCUT2D eigenvalue weighted by molar-refractivity contribution is 0.0942. The van der Waals surface area contributed by atoms with Gasteiger partial charge in [0.15, 0.2) is 0 Å². The molecule has 0 fully saturated rings. The fraction of sp³-hybridized carbons (Fsp3) is 0.267. The topological polar surface area (TPSA) is 29.1 Å². The molecule has 18 heavy (non-hydrogen) atoms. The van der Waals surface area contributed by atoms with Crippen LogP contribution < -0.4 is 5.32 Å². The van der Waals surface area contributed by atoms with Crippen molar-refractivity contribution in [1.82, 2.24) is 5.32 Å². The molecule has 1 N–H and O–H groups in total. The summed E-state index contributed by atoms with van der Waals surface area (Å²) < 4.78 is 0. The van der Waals surface area contributed by atoms with E-state index >= 15 is 0 Å².